The third kappa shape index (κ3) is 1.55. The second kappa shape index (κ2) is 3.67. The molecule has 1 aromatic rings. The molecule has 1 saturated carbocycles. The number of hydrogen-bond acceptors (Lipinski definition) is 3. The van der Waals surface area contributed by atoms with Crippen LogP contribution < -0.4 is 14.8 Å². The Balaban J connectivity index is 1.91. The van der Waals surface area contributed by atoms with Crippen LogP contribution in [0.3, 0.4) is 0 Å². The fourth-order valence-corrected chi connectivity index (χ4v) is 2.43. The Morgan fingerprint density at radius 1 is 1.19 bits per heavy atom. The van der Waals surface area contributed by atoms with Crippen LogP contribution >= 0.6 is 0 Å². The molecule has 1 aromatic carbocycles. The molecule has 1 heterocycles. The molecule has 1 aliphatic heterocycles. The minimum atomic E-state index is 0.352. The first-order valence-corrected chi connectivity index (χ1v) is 5.89. The summed E-state index contributed by atoms with van der Waals surface area (Å²) in [6.45, 7) is 2.37. The molecule has 0 unspecified atom stereocenters. The van der Waals surface area contributed by atoms with E-state index in [1.165, 1.54) is 18.4 Å². The molecule has 0 bridgehead atoms. The van der Waals surface area contributed by atoms with Gasteiger partial charge in [-0.2, -0.15) is 0 Å². The molecule has 1 aliphatic carbocycles. The van der Waals surface area contributed by atoms with Crippen molar-refractivity contribution in [2.75, 3.05) is 26.8 Å². The highest BCUT2D eigenvalue weighted by Gasteiger charge is 2.43. The van der Waals surface area contributed by atoms with Crippen molar-refractivity contribution in [1.82, 2.24) is 5.32 Å². The van der Waals surface area contributed by atoms with Crippen molar-refractivity contribution in [3.05, 3.63) is 23.8 Å². The van der Waals surface area contributed by atoms with Crippen LogP contribution in [0, 0.1) is 0 Å². The Kier molecular flexibility index (Phi) is 2.28. The van der Waals surface area contributed by atoms with Gasteiger partial charge in [-0.15, -0.1) is 0 Å². The average molecular weight is 219 g/mol. The molecule has 0 saturated heterocycles. The van der Waals surface area contributed by atoms with Crippen LogP contribution in [0.1, 0.15) is 18.4 Å². The van der Waals surface area contributed by atoms with Gasteiger partial charge in [0, 0.05) is 12.0 Å². The molecule has 3 nitrogen and oxygen atoms in total. The van der Waals surface area contributed by atoms with E-state index in [9.17, 15) is 0 Å². The maximum Gasteiger partial charge on any atom is 0.161 e. The van der Waals surface area contributed by atoms with E-state index in [2.05, 4.69) is 17.4 Å². The molecule has 1 fully saturated rings. The van der Waals surface area contributed by atoms with E-state index >= 15 is 0 Å². The van der Waals surface area contributed by atoms with Crippen LogP contribution in [0.15, 0.2) is 18.2 Å². The zero-order valence-corrected chi connectivity index (χ0v) is 9.58. The molecule has 86 valence electrons. The lowest BCUT2D eigenvalue weighted by molar-refractivity contribution is 0.171. The van der Waals surface area contributed by atoms with Gasteiger partial charge in [0.15, 0.2) is 11.5 Å². The summed E-state index contributed by atoms with van der Waals surface area (Å²) < 4.78 is 11.2. The SMILES string of the molecule is CNCC1(c2ccc3c(c2)OCCO3)CC1. The van der Waals surface area contributed by atoms with Crippen molar-refractivity contribution < 1.29 is 9.47 Å². The molecule has 0 spiro atoms. The maximum absolute atomic E-state index is 5.62. The Morgan fingerprint density at radius 3 is 2.62 bits per heavy atom. The second-order valence-corrected chi connectivity index (χ2v) is 4.67. The lowest BCUT2D eigenvalue weighted by atomic mass is 9.95. The normalized spacial score (nSPS) is 20.6. The van der Waals surface area contributed by atoms with Crippen LogP contribution in [-0.4, -0.2) is 26.8 Å². The van der Waals surface area contributed by atoms with Crippen molar-refractivity contribution in [2.24, 2.45) is 0 Å². The van der Waals surface area contributed by atoms with E-state index in [0.717, 1.165) is 18.0 Å². The summed E-state index contributed by atoms with van der Waals surface area (Å²) in [4.78, 5) is 0. The van der Waals surface area contributed by atoms with Crippen molar-refractivity contribution in [3.63, 3.8) is 0 Å². The summed E-state index contributed by atoms with van der Waals surface area (Å²) in [5.74, 6) is 1.79. The summed E-state index contributed by atoms with van der Waals surface area (Å²) in [6.07, 6.45) is 2.54. The number of likely N-dealkylation sites (N-methyl/N-ethyl adjacent to an activating group) is 1. The first-order chi connectivity index (χ1) is 7.84. The molecule has 0 amide bonds. The maximum atomic E-state index is 5.62. The molecule has 3 rings (SSSR count). The van der Waals surface area contributed by atoms with Crippen LogP contribution in [0.25, 0.3) is 0 Å². The predicted octanol–water partition coefficient (Wildman–Crippen LogP) is 1.71. The Bertz CT molecular complexity index is 399. The van der Waals surface area contributed by atoms with E-state index in [1.807, 2.05) is 13.1 Å². The minimum absolute atomic E-state index is 0.352. The van der Waals surface area contributed by atoms with E-state index in [-0.39, 0.29) is 0 Å². The smallest absolute Gasteiger partial charge is 0.161 e. The van der Waals surface area contributed by atoms with Crippen molar-refractivity contribution in [3.8, 4) is 11.5 Å². The monoisotopic (exact) mass is 219 g/mol. The highest BCUT2D eigenvalue weighted by Crippen LogP contribution is 2.49. The van der Waals surface area contributed by atoms with Crippen LogP contribution in [0.5, 0.6) is 11.5 Å². The van der Waals surface area contributed by atoms with Gasteiger partial charge in [0.05, 0.1) is 0 Å². The summed E-state index contributed by atoms with van der Waals surface area (Å²) in [6, 6.07) is 6.37. The van der Waals surface area contributed by atoms with Gasteiger partial charge in [-0.1, -0.05) is 6.07 Å². The van der Waals surface area contributed by atoms with Gasteiger partial charge in [0.25, 0.3) is 0 Å². The molecular weight excluding hydrogens is 202 g/mol. The Hall–Kier alpha value is -1.22. The summed E-state index contributed by atoms with van der Waals surface area (Å²) in [5, 5.41) is 3.28. The lowest BCUT2D eigenvalue weighted by Gasteiger charge is -2.21. The predicted molar refractivity (Wildman–Crippen MR) is 62.3 cm³/mol. The van der Waals surface area contributed by atoms with Crippen LogP contribution in [0.4, 0.5) is 0 Å². The van der Waals surface area contributed by atoms with E-state index in [0.29, 0.717) is 18.6 Å². The summed E-state index contributed by atoms with van der Waals surface area (Å²) in [5.41, 5.74) is 1.73. The van der Waals surface area contributed by atoms with Gasteiger partial charge in [-0.3, -0.25) is 0 Å². The van der Waals surface area contributed by atoms with Crippen LogP contribution in [0.2, 0.25) is 0 Å². The van der Waals surface area contributed by atoms with Gasteiger partial charge >= 0.3 is 0 Å². The van der Waals surface area contributed by atoms with E-state index in [1.54, 1.807) is 0 Å². The lowest BCUT2D eigenvalue weighted by Crippen LogP contribution is -2.24. The highest BCUT2D eigenvalue weighted by atomic mass is 16.6. The standard InChI is InChI=1S/C13H17NO2/c1-14-9-13(4-5-13)10-2-3-11-12(8-10)16-7-6-15-11/h2-3,8,14H,4-7,9H2,1H3. The minimum Gasteiger partial charge on any atom is -0.486 e. The first kappa shape index (κ1) is 9.97. The fraction of sp³-hybridized carbons (Fsp3) is 0.538. The number of nitrogens with one attached hydrogen (secondary N) is 1. The summed E-state index contributed by atoms with van der Waals surface area (Å²) >= 11 is 0. The first-order valence-electron chi connectivity index (χ1n) is 5.89. The van der Waals surface area contributed by atoms with Crippen molar-refractivity contribution in [1.29, 1.82) is 0 Å². The zero-order valence-electron chi connectivity index (χ0n) is 9.58. The molecule has 0 atom stereocenters. The van der Waals surface area contributed by atoms with E-state index in [4.69, 9.17) is 9.47 Å². The van der Waals surface area contributed by atoms with Gasteiger partial charge < -0.3 is 14.8 Å². The molecule has 2 aliphatic rings. The zero-order chi connectivity index (χ0) is 11.0. The van der Waals surface area contributed by atoms with E-state index < -0.39 is 0 Å². The van der Waals surface area contributed by atoms with Crippen molar-refractivity contribution in [2.45, 2.75) is 18.3 Å². The third-order valence-corrected chi connectivity index (χ3v) is 3.52. The highest BCUT2D eigenvalue weighted by molar-refractivity contribution is 5.47. The third-order valence-electron chi connectivity index (χ3n) is 3.52. The topological polar surface area (TPSA) is 30.5 Å². The number of ether oxygens (including phenoxy) is 2. The molecule has 16 heavy (non-hydrogen) atoms. The van der Waals surface area contributed by atoms with Crippen LogP contribution in [-0.2, 0) is 5.41 Å². The number of hydrogen-bond donors (Lipinski definition) is 1. The summed E-state index contributed by atoms with van der Waals surface area (Å²) in [7, 11) is 2.01. The van der Waals surface area contributed by atoms with Gasteiger partial charge in [-0.05, 0) is 37.6 Å². The molecule has 0 radical (unpaired) electrons. The average Bonchev–Trinajstić information content (AvgIpc) is 3.10. The van der Waals surface area contributed by atoms with Gasteiger partial charge in [0.2, 0.25) is 0 Å². The quantitative estimate of drug-likeness (QED) is 0.839. The van der Waals surface area contributed by atoms with Gasteiger partial charge in [0.1, 0.15) is 13.2 Å². The number of rotatable bonds is 3. The second-order valence-electron chi connectivity index (χ2n) is 4.67. The number of fused-ring (bicyclic) bond motifs is 1. The Morgan fingerprint density at radius 2 is 1.94 bits per heavy atom. The fourth-order valence-electron chi connectivity index (χ4n) is 2.43. The molecule has 1 N–H and O–H groups in total. The van der Waals surface area contributed by atoms with Crippen molar-refractivity contribution >= 4 is 0 Å². The Labute approximate surface area is 95.8 Å². The largest absolute Gasteiger partial charge is 0.486 e. The molecule has 0 aromatic heterocycles. The number of benzene rings is 1. The van der Waals surface area contributed by atoms with Gasteiger partial charge in [-0.25, -0.2) is 0 Å². The molecular formula is C13H17NO2. The molecule has 3 heteroatoms.